The molecule has 0 aromatic carbocycles. The van der Waals surface area contributed by atoms with Gasteiger partial charge in [0.1, 0.15) is 23.0 Å². The molecule has 0 atom stereocenters. The second-order valence-electron chi connectivity index (χ2n) is 3.95. The summed E-state index contributed by atoms with van der Waals surface area (Å²) in [6.07, 6.45) is 4.87. The first-order valence-corrected chi connectivity index (χ1v) is 5.72. The van der Waals surface area contributed by atoms with Gasteiger partial charge in [-0.15, -0.1) is 0 Å². The van der Waals surface area contributed by atoms with Crippen molar-refractivity contribution in [3.63, 3.8) is 0 Å². The van der Waals surface area contributed by atoms with E-state index < -0.39 is 0 Å². The SMILES string of the molecule is Cc1onc(Cc2nc(-c3cnccn3)no2)c1C#N. The van der Waals surface area contributed by atoms with Crippen LogP contribution in [0.4, 0.5) is 0 Å². The molecule has 3 rings (SSSR count). The van der Waals surface area contributed by atoms with Crippen molar-refractivity contribution in [3.05, 3.63) is 41.5 Å². The zero-order chi connectivity index (χ0) is 13.9. The molecule has 0 saturated heterocycles. The Morgan fingerprint density at radius 1 is 1.25 bits per heavy atom. The minimum atomic E-state index is 0.230. The summed E-state index contributed by atoms with van der Waals surface area (Å²) in [7, 11) is 0. The molecule has 3 aromatic rings. The Hall–Kier alpha value is -3.08. The summed E-state index contributed by atoms with van der Waals surface area (Å²) in [6.45, 7) is 1.67. The smallest absolute Gasteiger partial charge is 0.233 e. The molecule has 0 aliphatic rings. The van der Waals surface area contributed by atoms with Crippen molar-refractivity contribution in [3.8, 4) is 17.6 Å². The second kappa shape index (κ2) is 4.89. The van der Waals surface area contributed by atoms with Crippen LogP contribution in [0, 0.1) is 18.3 Å². The van der Waals surface area contributed by atoms with Crippen LogP contribution in [0.2, 0.25) is 0 Å². The van der Waals surface area contributed by atoms with Crippen LogP contribution in [0.3, 0.4) is 0 Å². The molecular formula is C12H8N6O2. The van der Waals surface area contributed by atoms with Crippen LogP contribution in [0.5, 0.6) is 0 Å². The molecule has 0 radical (unpaired) electrons. The van der Waals surface area contributed by atoms with E-state index in [1.165, 1.54) is 6.20 Å². The maximum absolute atomic E-state index is 9.01. The highest BCUT2D eigenvalue weighted by atomic mass is 16.5. The summed E-state index contributed by atoms with van der Waals surface area (Å²) in [5.74, 6) is 1.14. The number of hydrogen-bond acceptors (Lipinski definition) is 8. The van der Waals surface area contributed by atoms with Crippen LogP contribution in [-0.4, -0.2) is 25.3 Å². The van der Waals surface area contributed by atoms with E-state index in [-0.39, 0.29) is 6.42 Å². The maximum atomic E-state index is 9.01. The lowest BCUT2D eigenvalue weighted by atomic mass is 10.2. The first-order chi connectivity index (χ1) is 9.78. The van der Waals surface area contributed by atoms with Gasteiger partial charge in [0, 0.05) is 12.4 Å². The van der Waals surface area contributed by atoms with Gasteiger partial charge in [-0.1, -0.05) is 10.3 Å². The average Bonchev–Trinajstić information content (AvgIpc) is 3.08. The van der Waals surface area contributed by atoms with Crippen molar-refractivity contribution in [2.45, 2.75) is 13.3 Å². The third-order valence-electron chi connectivity index (χ3n) is 2.62. The lowest BCUT2D eigenvalue weighted by molar-refractivity contribution is 0.371. The molecule has 3 aromatic heterocycles. The predicted octanol–water partition coefficient (Wildman–Crippen LogP) is 1.29. The molecule has 0 unspecified atom stereocenters. The highest BCUT2D eigenvalue weighted by Crippen LogP contribution is 2.17. The largest absolute Gasteiger partial charge is 0.360 e. The number of hydrogen-bond donors (Lipinski definition) is 0. The normalized spacial score (nSPS) is 10.4. The van der Waals surface area contributed by atoms with Crippen LogP contribution in [0.25, 0.3) is 11.5 Å². The molecule has 8 nitrogen and oxygen atoms in total. The molecule has 0 aliphatic carbocycles. The predicted molar refractivity (Wildman–Crippen MR) is 64.1 cm³/mol. The van der Waals surface area contributed by atoms with E-state index in [0.717, 1.165) is 0 Å². The maximum Gasteiger partial charge on any atom is 0.233 e. The summed E-state index contributed by atoms with van der Waals surface area (Å²) in [4.78, 5) is 12.2. The number of nitriles is 1. The first kappa shape index (κ1) is 12.0. The van der Waals surface area contributed by atoms with E-state index in [2.05, 4.69) is 25.3 Å². The van der Waals surface area contributed by atoms with Crippen molar-refractivity contribution in [1.82, 2.24) is 25.3 Å². The Kier molecular flexibility index (Phi) is 2.93. The zero-order valence-corrected chi connectivity index (χ0v) is 10.4. The standard InChI is InChI=1S/C12H8N6O2/c1-7-8(5-13)9(17-19-7)4-11-16-12(18-20-11)10-6-14-2-3-15-10/h2-3,6H,4H2,1H3. The molecule has 8 heteroatoms. The van der Waals surface area contributed by atoms with Crippen molar-refractivity contribution in [2.75, 3.05) is 0 Å². The van der Waals surface area contributed by atoms with Crippen LogP contribution in [0.15, 0.2) is 27.6 Å². The Morgan fingerprint density at radius 2 is 2.15 bits per heavy atom. The number of nitrogens with zero attached hydrogens (tertiary/aromatic N) is 6. The van der Waals surface area contributed by atoms with Crippen LogP contribution in [-0.2, 0) is 6.42 Å². The number of aromatic nitrogens is 5. The van der Waals surface area contributed by atoms with Gasteiger partial charge >= 0.3 is 0 Å². The Bertz CT molecular complexity index is 771. The van der Waals surface area contributed by atoms with Gasteiger partial charge in [-0.2, -0.15) is 10.2 Å². The quantitative estimate of drug-likeness (QED) is 0.697. The van der Waals surface area contributed by atoms with E-state index in [4.69, 9.17) is 14.3 Å². The van der Waals surface area contributed by atoms with E-state index >= 15 is 0 Å². The van der Waals surface area contributed by atoms with Crippen molar-refractivity contribution in [1.29, 1.82) is 5.26 Å². The van der Waals surface area contributed by atoms with Gasteiger partial charge in [0.2, 0.25) is 11.7 Å². The van der Waals surface area contributed by atoms with E-state index in [1.54, 1.807) is 19.3 Å². The van der Waals surface area contributed by atoms with Crippen molar-refractivity contribution < 1.29 is 9.05 Å². The molecule has 20 heavy (non-hydrogen) atoms. The summed E-state index contributed by atoms with van der Waals surface area (Å²) >= 11 is 0. The molecule has 0 aliphatic heterocycles. The fraction of sp³-hybridized carbons (Fsp3) is 0.167. The lowest BCUT2D eigenvalue weighted by Gasteiger charge is -1.90. The Labute approximate surface area is 113 Å². The monoisotopic (exact) mass is 268 g/mol. The molecule has 0 saturated carbocycles. The summed E-state index contributed by atoms with van der Waals surface area (Å²) in [6, 6.07) is 2.03. The minimum Gasteiger partial charge on any atom is -0.360 e. The van der Waals surface area contributed by atoms with E-state index in [1.807, 2.05) is 6.07 Å². The van der Waals surface area contributed by atoms with Gasteiger partial charge in [-0.05, 0) is 6.92 Å². The van der Waals surface area contributed by atoms with E-state index in [9.17, 15) is 0 Å². The molecule has 3 heterocycles. The zero-order valence-electron chi connectivity index (χ0n) is 10.4. The highest BCUT2D eigenvalue weighted by molar-refractivity contribution is 5.45. The van der Waals surface area contributed by atoms with Crippen LogP contribution in [0.1, 0.15) is 22.9 Å². The molecule has 0 amide bonds. The molecule has 98 valence electrons. The summed E-state index contributed by atoms with van der Waals surface area (Å²) in [5.41, 5.74) is 1.38. The number of rotatable bonds is 3. The summed E-state index contributed by atoms with van der Waals surface area (Å²) in [5, 5.41) is 16.6. The molecule has 0 fully saturated rings. The summed E-state index contributed by atoms with van der Waals surface area (Å²) < 4.78 is 10.1. The van der Waals surface area contributed by atoms with Gasteiger partial charge in [-0.25, -0.2) is 4.98 Å². The molecular weight excluding hydrogens is 260 g/mol. The highest BCUT2D eigenvalue weighted by Gasteiger charge is 2.17. The fourth-order valence-corrected chi connectivity index (χ4v) is 1.67. The lowest BCUT2D eigenvalue weighted by Crippen LogP contribution is -1.92. The van der Waals surface area contributed by atoms with Gasteiger partial charge in [0.25, 0.3) is 0 Å². The molecule has 0 spiro atoms. The minimum absolute atomic E-state index is 0.230. The van der Waals surface area contributed by atoms with Crippen molar-refractivity contribution in [2.24, 2.45) is 0 Å². The third kappa shape index (κ3) is 2.12. The van der Waals surface area contributed by atoms with Gasteiger partial charge in [0.15, 0.2) is 5.76 Å². The topological polar surface area (TPSA) is 115 Å². The average molecular weight is 268 g/mol. The molecule has 0 N–H and O–H groups in total. The Balaban J connectivity index is 1.87. The van der Waals surface area contributed by atoms with Gasteiger partial charge < -0.3 is 9.05 Å². The van der Waals surface area contributed by atoms with E-state index in [0.29, 0.717) is 34.4 Å². The van der Waals surface area contributed by atoms with Gasteiger partial charge in [0.05, 0.1) is 12.6 Å². The third-order valence-corrected chi connectivity index (χ3v) is 2.62. The number of aryl methyl sites for hydroxylation is 1. The first-order valence-electron chi connectivity index (χ1n) is 5.72. The van der Waals surface area contributed by atoms with Crippen LogP contribution < -0.4 is 0 Å². The van der Waals surface area contributed by atoms with Crippen LogP contribution >= 0.6 is 0 Å². The molecule has 0 bridgehead atoms. The fourth-order valence-electron chi connectivity index (χ4n) is 1.67. The van der Waals surface area contributed by atoms with Gasteiger partial charge in [-0.3, -0.25) is 4.98 Å². The second-order valence-corrected chi connectivity index (χ2v) is 3.95. The Morgan fingerprint density at radius 3 is 2.90 bits per heavy atom. The van der Waals surface area contributed by atoms with Crippen molar-refractivity contribution >= 4 is 0 Å².